The summed E-state index contributed by atoms with van der Waals surface area (Å²) >= 11 is 1.66. The van der Waals surface area contributed by atoms with Crippen molar-refractivity contribution in [3.05, 3.63) is 29.6 Å². The molecule has 0 aliphatic carbocycles. The first-order chi connectivity index (χ1) is 8.37. The maximum absolute atomic E-state index is 11.9. The Bertz CT molecular complexity index is 568. The molecule has 1 aromatic heterocycles. The van der Waals surface area contributed by atoms with E-state index in [1.807, 2.05) is 44.4 Å². The van der Waals surface area contributed by atoms with Crippen molar-refractivity contribution in [1.29, 1.82) is 0 Å². The van der Waals surface area contributed by atoms with Crippen LogP contribution in [-0.4, -0.2) is 18.7 Å². The summed E-state index contributed by atoms with van der Waals surface area (Å²) in [6.07, 6.45) is -0.335. The van der Waals surface area contributed by atoms with Gasteiger partial charge in [0.05, 0.1) is 0 Å². The van der Waals surface area contributed by atoms with Crippen LogP contribution in [0.5, 0.6) is 0 Å². The first-order valence-corrected chi connectivity index (χ1v) is 6.69. The molecule has 18 heavy (non-hydrogen) atoms. The zero-order valence-electron chi connectivity index (χ0n) is 11.1. The molecular formula is C14H17NO2S. The van der Waals surface area contributed by atoms with Crippen LogP contribution in [0.25, 0.3) is 10.1 Å². The number of ether oxygens (including phenoxy) is 1. The summed E-state index contributed by atoms with van der Waals surface area (Å²) in [6, 6.07) is 8.02. The van der Waals surface area contributed by atoms with Gasteiger partial charge in [-0.25, -0.2) is 4.79 Å². The van der Waals surface area contributed by atoms with Crippen molar-refractivity contribution in [1.82, 2.24) is 0 Å². The lowest BCUT2D eigenvalue weighted by Gasteiger charge is -2.24. The van der Waals surface area contributed by atoms with Crippen LogP contribution in [0.1, 0.15) is 20.8 Å². The summed E-state index contributed by atoms with van der Waals surface area (Å²) in [5, 5.41) is 3.24. The number of anilines is 1. The van der Waals surface area contributed by atoms with Gasteiger partial charge in [-0.05, 0) is 49.7 Å². The van der Waals surface area contributed by atoms with Crippen molar-refractivity contribution in [3.8, 4) is 0 Å². The fraction of sp³-hybridized carbons (Fsp3) is 0.357. The summed E-state index contributed by atoms with van der Waals surface area (Å²) in [4.78, 5) is 13.5. The SMILES string of the molecule is CN(C(=O)OC(C)(C)C)c1ccc2ccsc2c1. The molecule has 0 N–H and O–H groups in total. The molecule has 0 saturated heterocycles. The van der Waals surface area contributed by atoms with Crippen molar-refractivity contribution < 1.29 is 9.53 Å². The lowest BCUT2D eigenvalue weighted by atomic mass is 10.2. The first-order valence-electron chi connectivity index (χ1n) is 5.81. The molecule has 0 fully saturated rings. The number of carbonyl (C=O) groups is 1. The van der Waals surface area contributed by atoms with E-state index in [0.29, 0.717) is 0 Å². The van der Waals surface area contributed by atoms with Crippen LogP contribution in [-0.2, 0) is 4.74 Å². The van der Waals surface area contributed by atoms with Gasteiger partial charge in [-0.1, -0.05) is 6.07 Å². The molecule has 0 aliphatic rings. The molecule has 3 nitrogen and oxygen atoms in total. The normalized spacial score (nSPS) is 11.6. The molecule has 0 spiro atoms. The van der Waals surface area contributed by atoms with Crippen molar-refractivity contribution in [2.45, 2.75) is 26.4 Å². The van der Waals surface area contributed by atoms with Gasteiger partial charge in [0.1, 0.15) is 5.60 Å². The molecule has 1 aromatic carbocycles. The zero-order chi connectivity index (χ0) is 13.3. The van der Waals surface area contributed by atoms with E-state index >= 15 is 0 Å². The Balaban J connectivity index is 2.22. The van der Waals surface area contributed by atoms with Crippen molar-refractivity contribution in [3.63, 3.8) is 0 Å². The van der Waals surface area contributed by atoms with Crippen LogP contribution < -0.4 is 4.90 Å². The maximum Gasteiger partial charge on any atom is 0.414 e. The van der Waals surface area contributed by atoms with Crippen molar-refractivity contribution in [2.24, 2.45) is 0 Å². The van der Waals surface area contributed by atoms with Gasteiger partial charge in [-0.2, -0.15) is 0 Å². The van der Waals surface area contributed by atoms with Crippen LogP contribution in [0, 0.1) is 0 Å². The average molecular weight is 263 g/mol. The largest absolute Gasteiger partial charge is 0.443 e. The van der Waals surface area contributed by atoms with E-state index in [2.05, 4.69) is 6.07 Å². The highest BCUT2D eigenvalue weighted by Gasteiger charge is 2.20. The fourth-order valence-corrected chi connectivity index (χ4v) is 2.41. The number of rotatable bonds is 1. The smallest absolute Gasteiger partial charge is 0.414 e. The quantitative estimate of drug-likeness (QED) is 0.768. The van der Waals surface area contributed by atoms with Crippen molar-refractivity contribution >= 4 is 33.2 Å². The molecule has 2 aromatic rings. The molecule has 4 heteroatoms. The number of thiophene rings is 1. The molecule has 0 aliphatic heterocycles. The first kappa shape index (κ1) is 12.9. The van der Waals surface area contributed by atoms with E-state index in [-0.39, 0.29) is 6.09 Å². The number of fused-ring (bicyclic) bond motifs is 1. The molecule has 2 rings (SSSR count). The second-order valence-corrected chi connectivity index (χ2v) is 6.13. The number of carbonyl (C=O) groups excluding carboxylic acids is 1. The van der Waals surface area contributed by atoms with Crippen LogP contribution >= 0.6 is 11.3 Å². The second-order valence-electron chi connectivity index (χ2n) is 5.18. The minimum Gasteiger partial charge on any atom is -0.443 e. The molecule has 0 unspecified atom stereocenters. The number of hydrogen-bond acceptors (Lipinski definition) is 3. The van der Waals surface area contributed by atoms with E-state index in [4.69, 9.17) is 4.74 Å². The molecule has 0 bridgehead atoms. The topological polar surface area (TPSA) is 29.5 Å². The summed E-state index contributed by atoms with van der Waals surface area (Å²) in [7, 11) is 1.73. The molecule has 0 radical (unpaired) electrons. The van der Waals surface area contributed by atoms with Gasteiger partial charge in [0.2, 0.25) is 0 Å². The molecule has 1 amide bonds. The van der Waals surface area contributed by atoms with Crippen LogP contribution in [0.4, 0.5) is 10.5 Å². The highest BCUT2D eigenvalue weighted by Crippen LogP contribution is 2.26. The van der Waals surface area contributed by atoms with Gasteiger partial charge in [0.25, 0.3) is 0 Å². The predicted molar refractivity (Wildman–Crippen MR) is 76.5 cm³/mol. The lowest BCUT2D eigenvalue weighted by molar-refractivity contribution is 0.0589. The minimum atomic E-state index is -0.474. The number of nitrogens with zero attached hydrogens (tertiary/aromatic N) is 1. The second kappa shape index (κ2) is 4.61. The highest BCUT2D eigenvalue weighted by molar-refractivity contribution is 7.17. The van der Waals surface area contributed by atoms with E-state index in [0.717, 1.165) is 5.69 Å². The Morgan fingerprint density at radius 2 is 2.00 bits per heavy atom. The Hall–Kier alpha value is -1.55. The third-order valence-electron chi connectivity index (χ3n) is 2.49. The van der Waals surface area contributed by atoms with Crippen molar-refractivity contribution in [2.75, 3.05) is 11.9 Å². The lowest BCUT2D eigenvalue weighted by Crippen LogP contribution is -2.34. The fourth-order valence-electron chi connectivity index (χ4n) is 1.59. The number of amides is 1. The highest BCUT2D eigenvalue weighted by atomic mass is 32.1. The molecule has 1 heterocycles. The Labute approximate surface area is 111 Å². The summed E-state index contributed by atoms with van der Waals surface area (Å²) < 4.78 is 6.51. The van der Waals surface area contributed by atoms with Gasteiger partial charge >= 0.3 is 6.09 Å². The minimum absolute atomic E-state index is 0.335. The third kappa shape index (κ3) is 2.82. The van der Waals surface area contributed by atoms with Gasteiger partial charge in [0.15, 0.2) is 0 Å². The summed E-state index contributed by atoms with van der Waals surface area (Å²) in [5.41, 5.74) is 0.373. The van der Waals surface area contributed by atoms with Crippen LogP contribution in [0.15, 0.2) is 29.6 Å². The summed E-state index contributed by atoms with van der Waals surface area (Å²) in [5.74, 6) is 0. The Morgan fingerprint density at radius 1 is 1.28 bits per heavy atom. The Morgan fingerprint density at radius 3 is 2.67 bits per heavy atom. The maximum atomic E-state index is 11.9. The molecule has 0 saturated carbocycles. The molecular weight excluding hydrogens is 246 g/mol. The monoisotopic (exact) mass is 263 g/mol. The number of hydrogen-bond donors (Lipinski definition) is 0. The Kier molecular flexibility index (Phi) is 3.30. The molecule has 0 atom stereocenters. The van der Waals surface area contributed by atoms with Crippen LogP contribution in [0.3, 0.4) is 0 Å². The van der Waals surface area contributed by atoms with Gasteiger partial charge < -0.3 is 4.74 Å². The standard InChI is InChI=1S/C14H17NO2S/c1-14(2,3)17-13(16)15(4)11-6-5-10-7-8-18-12(10)9-11/h5-9H,1-4H3. The van der Waals surface area contributed by atoms with Gasteiger partial charge in [0, 0.05) is 17.4 Å². The number of benzene rings is 1. The van der Waals surface area contributed by atoms with Gasteiger partial charge in [-0.15, -0.1) is 11.3 Å². The third-order valence-corrected chi connectivity index (χ3v) is 3.37. The predicted octanol–water partition coefficient (Wildman–Crippen LogP) is 4.27. The van der Waals surface area contributed by atoms with Crippen LogP contribution in [0.2, 0.25) is 0 Å². The van der Waals surface area contributed by atoms with E-state index in [1.165, 1.54) is 15.0 Å². The van der Waals surface area contributed by atoms with E-state index < -0.39 is 5.60 Å². The average Bonchev–Trinajstić information content (AvgIpc) is 2.72. The van der Waals surface area contributed by atoms with Gasteiger partial charge in [-0.3, -0.25) is 4.90 Å². The zero-order valence-corrected chi connectivity index (χ0v) is 11.9. The molecule has 96 valence electrons. The summed E-state index contributed by atoms with van der Waals surface area (Å²) in [6.45, 7) is 5.59. The van der Waals surface area contributed by atoms with E-state index in [9.17, 15) is 4.79 Å². The van der Waals surface area contributed by atoms with E-state index in [1.54, 1.807) is 18.4 Å².